The molecule has 0 radical (unpaired) electrons. The Balaban J connectivity index is 2.15. The van der Waals surface area contributed by atoms with Crippen molar-refractivity contribution >= 4 is 17.6 Å². The smallest absolute Gasteiger partial charge is 0.459 e. The highest BCUT2D eigenvalue weighted by molar-refractivity contribution is 6.32. The van der Waals surface area contributed by atoms with Gasteiger partial charge in [0.15, 0.2) is 17.3 Å². The molecule has 0 amide bonds. The first-order valence-electron chi connectivity index (χ1n) is 8.15. The van der Waals surface area contributed by atoms with E-state index in [0.29, 0.717) is 9.36 Å². The molecule has 0 atom stereocenters. The molecule has 0 saturated heterocycles. The number of carboxylic acids is 1. The van der Waals surface area contributed by atoms with E-state index in [-0.39, 0.29) is 21.8 Å². The fourth-order valence-corrected chi connectivity index (χ4v) is 2.81. The van der Waals surface area contributed by atoms with Gasteiger partial charge in [-0.2, -0.15) is 40.9 Å². The molecule has 32 heavy (non-hydrogen) atoms. The molecule has 8 nitrogen and oxygen atoms in total. The Hall–Kier alpha value is -3.36. The maximum absolute atomic E-state index is 13.9. The van der Waals surface area contributed by atoms with Crippen LogP contribution in [0.1, 0.15) is 16.1 Å². The lowest BCUT2D eigenvalue weighted by molar-refractivity contribution is -0.291. The zero-order valence-electron chi connectivity index (χ0n) is 15.4. The Morgan fingerprint density at radius 1 is 1.19 bits per heavy atom. The minimum Gasteiger partial charge on any atom is -0.478 e. The van der Waals surface area contributed by atoms with Gasteiger partial charge in [-0.1, -0.05) is 11.6 Å². The molecule has 0 spiro atoms. The van der Waals surface area contributed by atoms with Gasteiger partial charge in [-0.25, -0.2) is 19.1 Å². The summed E-state index contributed by atoms with van der Waals surface area (Å²) in [7, 11) is 0.914. The molecule has 0 aromatic carbocycles. The molecule has 0 saturated carbocycles. The van der Waals surface area contributed by atoms with E-state index < -0.39 is 41.9 Å². The van der Waals surface area contributed by atoms with Gasteiger partial charge >= 0.3 is 24.7 Å². The van der Waals surface area contributed by atoms with Crippen molar-refractivity contribution < 1.29 is 45.4 Å². The second-order valence-electron chi connectivity index (χ2n) is 6.12. The monoisotopic (exact) mass is 487 g/mol. The molecular weight excluding hydrogens is 479 g/mol. The minimum atomic E-state index is -6.14. The molecule has 3 aromatic rings. The molecule has 0 aliphatic rings. The zero-order chi connectivity index (χ0) is 24.0. The number of ether oxygens (including phenoxy) is 1. The van der Waals surface area contributed by atoms with Gasteiger partial charge in [-0.3, -0.25) is 0 Å². The van der Waals surface area contributed by atoms with Crippen LogP contribution >= 0.6 is 11.6 Å². The molecule has 0 fully saturated rings. The second-order valence-corrected chi connectivity index (χ2v) is 6.47. The number of nitrogens with zero attached hydrogens (tertiary/aromatic N) is 5. The average molecular weight is 488 g/mol. The largest absolute Gasteiger partial charge is 0.478 e. The van der Waals surface area contributed by atoms with Crippen LogP contribution in [0.25, 0.3) is 16.9 Å². The Morgan fingerprint density at radius 2 is 1.84 bits per heavy atom. The molecule has 172 valence electrons. The quantitative estimate of drug-likeness (QED) is 0.412. The Bertz CT molecular complexity index is 1180. The summed E-state index contributed by atoms with van der Waals surface area (Å²) in [5.74, 6) is -9.33. The van der Waals surface area contributed by atoms with Gasteiger partial charge in [0.1, 0.15) is 5.15 Å². The summed E-state index contributed by atoms with van der Waals surface area (Å²) < 4.78 is 96.9. The lowest BCUT2D eigenvalue weighted by atomic mass is 10.1. The van der Waals surface area contributed by atoms with Crippen LogP contribution in [0.4, 0.5) is 30.7 Å². The summed E-state index contributed by atoms with van der Waals surface area (Å²) >= 11 is 5.68. The third kappa shape index (κ3) is 4.06. The first-order valence-corrected chi connectivity index (χ1v) is 8.53. The first-order chi connectivity index (χ1) is 14.7. The fourth-order valence-electron chi connectivity index (χ4n) is 2.63. The summed E-state index contributed by atoms with van der Waals surface area (Å²) in [5, 5.41) is 15.6. The highest BCUT2D eigenvalue weighted by atomic mass is 35.5. The van der Waals surface area contributed by atoms with E-state index >= 15 is 0 Å². The first kappa shape index (κ1) is 23.3. The topological polar surface area (TPSA) is 95.1 Å². The van der Waals surface area contributed by atoms with Crippen LogP contribution in [0.5, 0.6) is 5.75 Å². The maximum atomic E-state index is 13.9. The summed E-state index contributed by atoms with van der Waals surface area (Å²) in [4.78, 5) is 14.9. The van der Waals surface area contributed by atoms with Crippen LogP contribution in [0, 0.1) is 0 Å². The number of hydrogen-bond acceptors (Lipinski definition) is 5. The minimum absolute atomic E-state index is 0.102. The van der Waals surface area contributed by atoms with Crippen molar-refractivity contribution in [2.45, 2.75) is 18.7 Å². The van der Waals surface area contributed by atoms with Gasteiger partial charge in [0, 0.05) is 30.6 Å². The molecule has 0 unspecified atom stereocenters. The van der Waals surface area contributed by atoms with E-state index in [1.54, 1.807) is 0 Å². The number of alkyl halides is 7. The molecule has 0 bridgehead atoms. The lowest BCUT2D eigenvalue weighted by Crippen LogP contribution is -2.34. The van der Waals surface area contributed by atoms with Crippen molar-refractivity contribution in [2.24, 2.45) is 7.05 Å². The van der Waals surface area contributed by atoms with Crippen LogP contribution in [0.3, 0.4) is 0 Å². The molecule has 0 aliphatic carbocycles. The lowest BCUT2D eigenvalue weighted by Gasteiger charge is -2.18. The normalized spacial score (nSPS) is 12.4. The summed E-state index contributed by atoms with van der Waals surface area (Å²) in [5.41, 5.74) is -2.24. The van der Waals surface area contributed by atoms with Gasteiger partial charge in [0.25, 0.3) is 0 Å². The van der Waals surface area contributed by atoms with Gasteiger partial charge in [0.2, 0.25) is 0 Å². The number of rotatable bonds is 6. The van der Waals surface area contributed by atoms with E-state index in [0.717, 1.165) is 31.7 Å². The number of pyridine rings is 1. The van der Waals surface area contributed by atoms with Crippen molar-refractivity contribution in [3.05, 3.63) is 41.1 Å². The standard InChI is InChI=1S/C16H9ClF7N5O3/c1-28-12(9(32-14(18)19)10(27-28)15(20,21)16(22,23)24)29-5-7(4-26-29)6-2-8(13(30)31)11(17)25-3-6/h2-5,14H,1H3,(H,30,31). The SMILES string of the molecule is Cn1nc(C(F)(F)C(F)(F)F)c(OC(F)F)c1-n1cc(-c2cnc(Cl)c(C(=O)O)c2)cn1. The van der Waals surface area contributed by atoms with Crippen molar-refractivity contribution in [1.82, 2.24) is 24.5 Å². The van der Waals surface area contributed by atoms with Crippen LogP contribution in [0.2, 0.25) is 5.15 Å². The van der Waals surface area contributed by atoms with Crippen LogP contribution in [-0.2, 0) is 13.0 Å². The number of aromatic carboxylic acids is 1. The van der Waals surface area contributed by atoms with Crippen molar-refractivity contribution in [1.29, 1.82) is 0 Å². The maximum Gasteiger partial charge on any atom is 0.459 e. The van der Waals surface area contributed by atoms with E-state index in [1.807, 2.05) is 0 Å². The van der Waals surface area contributed by atoms with Crippen molar-refractivity contribution in [2.75, 3.05) is 0 Å². The average Bonchev–Trinajstić information content (AvgIpc) is 3.25. The summed E-state index contributed by atoms with van der Waals surface area (Å²) in [6, 6.07) is 1.10. The summed E-state index contributed by atoms with van der Waals surface area (Å²) in [6.07, 6.45) is -2.92. The molecule has 1 N–H and O–H groups in total. The number of hydrogen-bond donors (Lipinski definition) is 1. The van der Waals surface area contributed by atoms with E-state index in [1.165, 1.54) is 0 Å². The Kier molecular flexibility index (Phi) is 5.80. The highest BCUT2D eigenvalue weighted by Gasteiger charge is 2.62. The van der Waals surface area contributed by atoms with Gasteiger partial charge < -0.3 is 9.84 Å². The Labute approximate surface area is 177 Å². The van der Waals surface area contributed by atoms with Gasteiger partial charge in [0.05, 0.1) is 11.8 Å². The number of aryl methyl sites for hydroxylation is 1. The van der Waals surface area contributed by atoms with Gasteiger partial charge in [-0.05, 0) is 6.07 Å². The third-order valence-electron chi connectivity index (χ3n) is 4.04. The highest BCUT2D eigenvalue weighted by Crippen LogP contribution is 2.48. The van der Waals surface area contributed by atoms with E-state index in [9.17, 15) is 35.5 Å². The van der Waals surface area contributed by atoms with E-state index in [2.05, 4.69) is 19.9 Å². The Morgan fingerprint density at radius 3 is 2.41 bits per heavy atom. The third-order valence-corrected chi connectivity index (χ3v) is 4.34. The predicted octanol–water partition coefficient (Wildman–Crippen LogP) is 4.27. The predicted molar refractivity (Wildman–Crippen MR) is 92.1 cm³/mol. The van der Waals surface area contributed by atoms with E-state index in [4.69, 9.17) is 16.7 Å². The van der Waals surface area contributed by atoms with Gasteiger partial charge in [-0.15, -0.1) is 0 Å². The van der Waals surface area contributed by atoms with Crippen molar-refractivity contribution in [3.8, 4) is 22.7 Å². The van der Waals surface area contributed by atoms with Crippen LogP contribution in [-0.4, -0.2) is 48.4 Å². The number of halogens is 8. The molecule has 16 heteroatoms. The number of carbonyl (C=O) groups is 1. The number of aromatic nitrogens is 5. The molecular formula is C16H9ClF7N5O3. The zero-order valence-corrected chi connectivity index (χ0v) is 16.2. The van der Waals surface area contributed by atoms with Crippen LogP contribution in [0.15, 0.2) is 24.7 Å². The molecule has 3 rings (SSSR count). The molecule has 0 aliphatic heterocycles. The van der Waals surface area contributed by atoms with Crippen molar-refractivity contribution in [3.63, 3.8) is 0 Å². The van der Waals surface area contributed by atoms with Crippen LogP contribution < -0.4 is 4.74 Å². The fraction of sp³-hybridized carbons (Fsp3) is 0.250. The second kappa shape index (κ2) is 7.96. The molecule has 3 aromatic heterocycles. The summed E-state index contributed by atoms with van der Waals surface area (Å²) in [6.45, 7) is -3.76. The molecule has 3 heterocycles. The number of carboxylic acid groups (broad SMARTS) is 1.